The van der Waals surface area contributed by atoms with E-state index in [0.29, 0.717) is 27.8 Å². The Balaban J connectivity index is 1.81. The molecule has 0 bridgehead atoms. The van der Waals surface area contributed by atoms with Crippen LogP contribution in [-0.4, -0.2) is 31.1 Å². The first kappa shape index (κ1) is 26.1. The lowest BCUT2D eigenvalue weighted by Gasteiger charge is -2.13. The van der Waals surface area contributed by atoms with Crippen molar-refractivity contribution in [3.8, 4) is 11.5 Å². The van der Waals surface area contributed by atoms with Crippen LogP contribution in [0.4, 0.5) is 17.1 Å². The van der Waals surface area contributed by atoms with Crippen molar-refractivity contribution in [1.29, 1.82) is 0 Å². The van der Waals surface area contributed by atoms with E-state index in [1.165, 1.54) is 19.2 Å². The van der Waals surface area contributed by atoms with E-state index in [2.05, 4.69) is 15.5 Å². The van der Waals surface area contributed by atoms with Crippen molar-refractivity contribution in [3.63, 3.8) is 0 Å². The molecule has 190 valence electrons. The van der Waals surface area contributed by atoms with Crippen LogP contribution in [0.15, 0.2) is 81.9 Å². The number of anilines is 1. The summed E-state index contributed by atoms with van der Waals surface area (Å²) in [5, 5.41) is 23.2. The Labute approximate surface area is 218 Å². The van der Waals surface area contributed by atoms with Crippen LogP contribution in [0.25, 0.3) is 10.8 Å². The van der Waals surface area contributed by atoms with Gasteiger partial charge in [0, 0.05) is 5.39 Å². The fraction of sp³-hybridized carbons (Fsp3) is 0.115. The number of halogens is 1. The van der Waals surface area contributed by atoms with Crippen LogP contribution in [-0.2, 0) is 16.5 Å². The summed E-state index contributed by atoms with van der Waals surface area (Å²) in [4.78, 5) is 12.8. The van der Waals surface area contributed by atoms with Gasteiger partial charge < -0.3 is 15.2 Å². The maximum absolute atomic E-state index is 13.1. The molecular weight excluding hydrogens is 518 g/mol. The summed E-state index contributed by atoms with van der Waals surface area (Å²) in [5.74, 6) is -0.546. The summed E-state index contributed by atoms with van der Waals surface area (Å²) in [5.41, 5.74) is 0.818. The smallest absolute Gasteiger partial charge is 0.294 e. The fourth-order valence-electron chi connectivity index (χ4n) is 3.81. The number of para-hydroxylation sites is 2. The van der Waals surface area contributed by atoms with E-state index in [0.717, 1.165) is 6.07 Å². The van der Waals surface area contributed by atoms with Crippen LogP contribution >= 0.6 is 11.6 Å². The summed E-state index contributed by atoms with van der Waals surface area (Å²) in [6.07, 6.45) is 0.279. The Kier molecular flexibility index (Phi) is 7.44. The Morgan fingerprint density at radius 3 is 2.46 bits per heavy atom. The minimum absolute atomic E-state index is 0.0243. The predicted molar refractivity (Wildman–Crippen MR) is 141 cm³/mol. The first-order chi connectivity index (χ1) is 17.6. The molecule has 4 aromatic carbocycles. The quantitative estimate of drug-likeness (QED) is 0.177. The molecule has 0 saturated heterocycles. The van der Waals surface area contributed by atoms with Gasteiger partial charge in [-0.05, 0) is 47.7 Å². The van der Waals surface area contributed by atoms with Crippen molar-refractivity contribution in [2.45, 2.75) is 18.2 Å². The van der Waals surface area contributed by atoms with Gasteiger partial charge in [-0.1, -0.05) is 54.9 Å². The molecule has 0 aliphatic rings. The minimum atomic E-state index is -4.48. The summed E-state index contributed by atoms with van der Waals surface area (Å²) in [6.45, 7) is 1.71. The monoisotopic (exact) mass is 539 g/mol. The van der Waals surface area contributed by atoms with Gasteiger partial charge >= 0.3 is 0 Å². The first-order valence-corrected chi connectivity index (χ1v) is 12.9. The molecule has 11 heteroatoms. The Hall–Kier alpha value is -3.99. The van der Waals surface area contributed by atoms with E-state index in [-0.39, 0.29) is 33.3 Å². The number of fused-ring (bicyclic) bond motifs is 1. The Morgan fingerprint density at radius 1 is 1.05 bits per heavy atom. The van der Waals surface area contributed by atoms with Crippen molar-refractivity contribution in [2.75, 3.05) is 12.4 Å². The molecule has 3 N–H and O–H groups in total. The number of carbonyl (C=O) groups excluding carboxylic acids is 1. The minimum Gasteiger partial charge on any atom is -0.505 e. The normalized spacial score (nSPS) is 11.7. The number of hydrogen-bond acceptors (Lipinski definition) is 7. The molecule has 0 saturated carbocycles. The number of nitrogens with zero attached hydrogens (tertiary/aromatic N) is 2. The summed E-state index contributed by atoms with van der Waals surface area (Å²) in [7, 11) is -3.00. The molecule has 0 aromatic heterocycles. The van der Waals surface area contributed by atoms with Crippen LogP contribution < -0.4 is 10.1 Å². The van der Waals surface area contributed by atoms with Crippen LogP contribution in [0.5, 0.6) is 11.5 Å². The third-order valence-electron chi connectivity index (χ3n) is 5.64. The van der Waals surface area contributed by atoms with E-state index >= 15 is 0 Å². The Bertz CT molecular complexity index is 1650. The number of phenolic OH excluding ortho intramolecular Hbond substituents is 1. The van der Waals surface area contributed by atoms with Crippen molar-refractivity contribution in [3.05, 3.63) is 82.9 Å². The van der Waals surface area contributed by atoms with Crippen molar-refractivity contribution in [2.24, 2.45) is 10.2 Å². The van der Waals surface area contributed by atoms with Gasteiger partial charge in [-0.2, -0.15) is 8.42 Å². The highest BCUT2D eigenvalue weighted by molar-refractivity contribution is 7.85. The van der Waals surface area contributed by atoms with E-state index in [1.807, 2.05) is 0 Å². The third kappa shape index (κ3) is 5.41. The van der Waals surface area contributed by atoms with Crippen molar-refractivity contribution in [1.82, 2.24) is 0 Å². The number of ether oxygens (including phenoxy) is 1. The second kappa shape index (κ2) is 10.6. The SMILES string of the molecule is CCc1cc(N=Nc2c(O)c(C(=O)Nc3ccccc3OC)cc3ccccc23)c(Cl)cc1S(=O)(=O)O. The lowest BCUT2D eigenvalue weighted by Crippen LogP contribution is -2.13. The zero-order valence-electron chi connectivity index (χ0n) is 19.8. The molecule has 0 atom stereocenters. The van der Waals surface area contributed by atoms with E-state index in [9.17, 15) is 22.9 Å². The van der Waals surface area contributed by atoms with Gasteiger partial charge in [-0.15, -0.1) is 10.2 Å². The predicted octanol–water partition coefficient (Wildman–Crippen LogP) is 6.68. The molecule has 0 heterocycles. The topological polar surface area (TPSA) is 138 Å². The number of aryl methyl sites for hydroxylation is 1. The van der Waals surface area contributed by atoms with Gasteiger partial charge in [-0.3, -0.25) is 9.35 Å². The van der Waals surface area contributed by atoms with Crippen molar-refractivity contribution < 1.29 is 27.6 Å². The summed E-state index contributed by atoms with van der Waals surface area (Å²) in [6, 6.07) is 17.9. The zero-order chi connectivity index (χ0) is 26.7. The van der Waals surface area contributed by atoms with Crippen LogP contribution in [0.3, 0.4) is 0 Å². The maximum Gasteiger partial charge on any atom is 0.294 e. The van der Waals surface area contributed by atoms with E-state index in [1.54, 1.807) is 55.5 Å². The molecule has 0 radical (unpaired) electrons. The number of rotatable bonds is 7. The summed E-state index contributed by atoms with van der Waals surface area (Å²) < 4.78 is 38.1. The van der Waals surface area contributed by atoms with E-state index < -0.39 is 21.8 Å². The number of phenols is 1. The number of aromatic hydroxyl groups is 1. The van der Waals surface area contributed by atoms with Gasteiger partial charge in [-0.25, -0.2) is 0 Å². The molecular formula is C26H22ClN3O6S. The van der Waals surface area contributed by atoms with Crippen LogP contribution in [0, 0.1) is 0 Å². The first-order valence-electron chi connectivity index (χ1n) is 11.0. The highest BCUT2D eigenvalue weighted by Crippen LogP contribution is 2.41. The standard InChI is InChI=1S/C26H22ClN3O6S/c1-3-15-13-21(19(27)14-23(15)37(33,34)35)29-30-24-17-9-5-4-8-16(17)12-18(25(24)31)26(32)28-20-10-6-7-11-22(20)36-2/h4-14,31H,3H2,1-2H3,(H,28,32)(H,33,34,35). The summed E-state index contributed by atoms with van der Waals surface area (Å²) >= 11 is 6.22. The van der Waals surface area contributed by atoms with Crippen LogP contribution in [0.1, 0.15) is 22.8 Å². The number of carbonyl (C=O) groups is 1. The van der Waals surface area contributed by atoms with Gasteiger partial charge in [0.2, 0.25) is 0 Å². The second-order valence-corrected chi connectivity index (χ2v) is 9.73. The Morgan fingerprint density at radius 2 is 1.76 bits per heavy atom. The molecule has 0 aliphatic heterocycles. The number of amides is 1. The molecule has 1 amide bonds. The molecule has 4 aromatic rings. The lowest BCUT2D eigenvalue weighted by atomic mass is 10.0. The second-order valence-electron chi connectivity index (χ2n) is 7.94. The van der Waals surface area contributed by atoms with E-state index in [4.69, 9.17) is 16.3 Å². The highest BCUT2D eigenvalue weighted by atomic mass is 35.5. The number of methoxy groups -OCH3 is 1. The number of nitrogens with one attached hydrogen (secondary N) is 1. The van der Waals surface area contributed by atoms with Gasteiger partial charge in [0.05, 0.1) is 28.3 Å². The lowest BCUT2D eigenvalue weighted by molar-refractivity contribution is 0.102. The molecule has 0 aliphatic carbocycles. The van der Waals surface area contributed by atoms with Gasteiger partial charge in [0.1, 0.15) is 17.1 Å². The number of benzene rings is 4. The molecule has 9 nitrogen and oxygen atoms in total. The number of azo groups is 1. The maximum atomic E-state index is 13.1. The van der Waals surface area contributed by atoms with Gasteiger partial charge in [0.25, 0.3) is 16.0 Å². The molecule has 37 heavy (non-hydrogen) atoms. The molecule has 0 fully saturated rings. The fourth-order valence-corrected chi connectivity index (χ4v) is 4.88. The third-order valence-corrected chi connectivity index (χ3v) is 6.88. The molecule has 0 unspecified atom stereocenters. The van der Waals surface area contributed by atoms with Gasteiger partial charge in [0.15, 0.2) is 5.75 Å². The highest BCUT2D eigenvalue weighted by Gasteiger charge is 2.21. The van der Waals surface area contributed by atoms with Crippen LogP contribution in [0.2, 0.25) is 5.02 Å². The largest absolute Gasteiger partial charge is 0.505 e. The number of hydrogen-bond donors (Lipinski definition) is 3. The molecule has 4 rings (SSSR count). The molecule has 0 spiro atoms. The van der Waals surface area contributed by atoms with Crippen molar-refractivity contribution >= 4 is 55.5 Å². The average Bonchev–Trinajstić information content (AvgIpc) is 2.88. The zero-order valence-corrected chi connectivity index (χ0v) is 21.3. The average molecular weight is 540 g/mol.